The molecular formula is C11H14F3NO. The summed E-state index contributed by atoms with van der Waals surface area (Å²) in [5, 5.41) is 0. The van der Waals surface area contributed by atoms with Crippen LogP contribution in [0.25, 0.3) is 0 Å². The van der Waals surface area contributed by atoms with Crippen LogP contribution in [-0.4, -0.2) is 11.6 Å². The van der Waals surface area contributed by atoms with E-state index in [1.54, 1.807) is 0 Å². The number of ether oxygens (including phenoxy) is 1. The highest BCUT2D eigenvalue weighted by molar-refractivity contribution is 5.27. The highest BCUT2D eigenvalue weighted by Crippen LogP contribution is 2.26. The zero-order chi connectivity index (χ0) is 12.1. The Labute approximate surface area is 92.5 Å². The number of halogens is 3. The Bertz CT molecular complexity index is 344. The van der Waals surface area contributed by atoms with E-state index in [0.717, 1.165) is 19.0 Å². The summed E-state index contributed by atoms with van der Waals surface area (Å²) in [5.74, 6) is -0.782. The van der Waals surface area contributed by atoms with E-state index in [4.69, 9.17) is 0 Å². The van der Waals surface area contributed by atoms with Crippen molar-refractivity contribution in [3.63, 3.8) is 0 Å². The molecule has 0 radical (unpaired) electrons. The molecule has 0 spiro atoms. The Morgan fingerprint density at radius 2 is 2.12 bits per heavy atom. The molecule has 1 aromatic rings. The summed E-state index contributed by atoms with van der Waals surface area (Å²) in [7, 11) is 0. The molecule has 1 atom stereocenters. The van der Waals surface area contributed by atoms with Crippen molar-refractivity contribution in [1.29, 1.82) is 0 Å². The smallest absolute Gasteiger partial charge is 0.387 e. The predicted molar refractivity (Wildman–Crippen MR) is 54.2 cm³/mol. The second kappa shape index (κ2) is 5.72. The number of nitrogens with zero attached hydrogens (tertiary/aromatic N) is 1. The summed E-state index contributed by atoms with van der Waals surface area (Å²) in [6.45, 7) is 0.887. The van der Waals surface area contributed by atoms with Crippen molar-refractivity contribution in [2.45, 2.75) is 39.2 Å². The van der Waals surface area contributed by atoms with E-state index in [2.05, 4.69) is 9.72 Å². The average Bonchev–Trinajstić information content (AvgIpc) is 2.20. The maximum atomic E-state index is 13.3. The molecule has 0 saturated carbocycles. The molecule has 0 fully saturated rings. The predicted octanol–water partition coefficient (Wildman–Crippen LogP) is 3.73. The fourth-order valence-electron chi connectivity index (χ4n) is 1.55. The topological polar surface area (TPSA) is 22.1 Å². The van der Waals surface area contributed by atoms with Gasteiger partial charge in [0.2, 0.25) is 5.95 Å². The number of hydrogen-bond acceptors (Lipinski definition) is 2. The lowest BCUT2D eigenvalue weighted by molar-refractivity contribution is -0.0502. The van der Waals surface area contributed by atoms with Gasteiger partial charge in [0, 0.05) is 5.56 Å². The van der Waals surface area contributed by atoms with Crippen molar-refractivity contribution in [1.82, 2.24) is 4.98 Å². The minimum atomic E-state index is -2.92. The van der Waals surface area contributed by atoms with Gasteiger partial charge >= 0.3 is 6.61 Å². The first-order valence-corrected chi connectivity index (χ1v) is 5.14. The van der Waals surface area contributed by atoms with Crippen LogP contribution in [-0.2, 0) is 0 Å². The van der Waals surface area contributed by atoms with Gasteiger partial charge in [-0.3, -0.25) is 0 Å². The van der Waals surface area contributed by atoms with Gasteiger partial charge < -0.3 is 4.74 Å². The zero-order valence-electron chi connectivity index (χ0n) is 9.21. The fourth-order valence-corrected chi connectivity index (χ4v) is 1.55. The van der Waals surface area contributed by atoms with Crippen LogP contribution in [0.15, 0.2) is 12.3 Å². The number of hydrogen-bond donors (Lipinski definition) is 0. The minimum Gasteiger partial charge on any atom is -0.433 e. The van der Waals surface area contributed by atoms with Crippen LogP contribution < -0.4 is 4.74 Å². The molecule has 5 heteroatoms. The molecule has 0 aliphatic heterocycles. The van der Waals surface area contributed by atoms with E-state index >= 15 is 0 Å². The molecule has 1 heterocycles. The minimum absolute atomic E-state index is 0.0567. The highest BCUT2D eigenvalue weighted by Gasteiger charge is 2.14. The third-order valence-electron chi connectivity index (χ3n) is 2.32. The van der Waals surface area contributed by atoms with Crippen molar-refractivity contribution >= 4 is 0 Å². The van der Waals surface area contributed by atoms with E-state index in [1.165, 1.54) is 6.07 Å². The van der Waals surface area contributed by atoms with Crippen LogP contribution in [0.1, 0.15) is 38.2 Å². The normalized spacial score (nSPS) is 12.9. The fraction of sp³-hybridized carbons (Fsp3) is 0.545. The number of rotatable bonds is 5. The van der Waals surface area contributed by atoms with E-state index in [0.29, 0.717) is 5.56 Å². The molecule has 16 heavy (non-hydrogen) atoms. The molecule has 0 aliphatic carbocycles. The Morgan fingerprint density at radius 1 is 1.44 bits per heavy atom. The largest absolute Gasteiger partial charge is 0.433 e. The van der Waals surface area contributed by atoms with Gasteiger partial charge in [-0.15, -0.1) is 0 Å². The second-order valence-corrected chi connectivity index (χ2v) is 3.62. The number of aromatic nitrogens is 1. The van der Waals surface area contributed by atoms with Crippen LogP contribution in [0.4, 0.5) is 13.2 Å². The number of pyridine rings is 1. The second-order valence-electron chi connectivity index (χ2n) is 3.62. The third kappa shape index (κ3) is 3.40. The molecular weight excluding hydrogens is 219 g/mol. The van der Waals surface area contributed by atoms with Gasteiger partial charge in [-0.1, -0.05) is 20.3 Å². The molecule has 0 aliphatic rings. The lowest BCUT2D eigenvalue weighted by Crippen LogP contribution is -2.05. The number of alkyl halides is 2. The summed E-state index contributed by atoms with van der Waals surface area (Å²) in [4.78, 5) is 3.41. The first-order valence-electron chi connectivity index (χ1n) is 5.14. The lowest BCUT2D eigenvalue weighted by atomic mass is 9.98. The van der Waals surface area contributed by atoms with Crippen molar-refractivity contribution in [2.24, 2.45) is 0 Å². The van der Waals surface area contributed by atoms with E-state index in [9.17, 15) is 13.2 Å². The van der Waals surface area contributed by atoms with Gasteiger partial charge in [-0.05, 0) is 18.4 Å². The lowest BCUT2D eigenvalue weighted by Gasteiger charge is -2.12. The SMILES string of the molecule is CCCC(C)c1cc(OC(F)F)cnc1F. The molecule has 0 bridgehead atoms. The molecule has 0 saturated heterocycles. The maximum absolute atomic E-state index is 13.3. The van der Waals surface area contributed by atoms with Crippen molar-refractivity contribution in [3.05, 3.63) is 23.8 Å². The molecule has 0 aromatic carbocycles. The standard InChI is InChI=1S/C11H14F3NO/c1-3-4-7(2)9-5-8(16-11(13)14)6-15-10(9)12/h5-7,11H,3-4H2,1-2H3. The van der Waals surface area contributed by atoms with Gasteiger partial charge in [0.15, 0.2) is 0 Å². The summed E-state index contributed by atoms with van der Waals surface area (Å²) in [6, 6.07) is 1.29. The monoisotopic (exact) mass is 233 g/mol. The zero-order valence-corrected chi connectivity index (χ0v) is 9.21. The molecule has 1 rings (SSSR count). The summed E-state index contributed by atoms with van der Waals surface area (Å²) in [6.07, 6.45) is 2.63. The van der Waals surface area contributed by atoms with E-state index < -0.39 is 12.6 Å². The van der Waals surface area contributed by atoms with Gasteiger partial charge in [-0.2, -0.15) is 13.2 Å². The quantitative estimate of drug-likeness (QED) is 0.723. The Morgan fingerprint density at radius 3 is 2.69 bits per heavy atom. The molecule has 90 valence electrons. The molecule has 1 unspecified atom stereocenters. The third-order valence-corrected chi connectivity index (χ3v) is 2.32. The van der Waals surface area contributed by atoms with Crippen molar-refractivity contribution < 1.29 is 17.9 Å². The first kappa shape index (κ1) is 12.8. The average molecular weight is 233 g/mol. The molecule has 1 aromatic heterocycles. The van der Waals surface area contributed by atoms with Crippen LogP contribution in [0, 0.1) is 5.95 Å². The maximum Gasteiger partial charge on any atom is 0.387 e. The molecule has 2 nitrogen and oxygen atoms in total. The Hall–Kier alpha value is -1.26. The van der Waals surface area contributed by atoms with Crippen LogP contribution in [0.2, 0.25) is 0 Å². The van der Waals surface area contributed by atoms with Crippen LogP contribution in [0.5, 0.6) is 5.75 Å². The highest BCUT2D eigenvalue weighted by atomic mass is 19.3. The molecule has 0 N–H and O–H groups in total. The van der Waals surface area contributed by atoms with E-state index in [-0.39, 0.29) is 11.7 Å². The van der Waals surface area contributed by atoms with Gasteiger partial charge in [0.25, 0.3) is 0 Å². The Balaban J connectivity index is 2.89. The molecule has 0 amide bonds. The van der Waals surface area contributed by atoms with E-state index in [1.807, 2.05) is 13.8 Å². The van der Waals surface area contributed by atoms with Gasteiger partial charge in [0.05, 0.1) is 6.20 Å². The van der Waals surface area contributed by atoms with Crippen molar-refractivity contribution in [2.75, 3.05) is 0 Å². The van der Waals surface area contributed by atoms with Gasteiger partial charge in [0.1, 0.15) is 5.75 Å². The van der Waals surface area contributed by atoms with Crippen LogP contribution in [0.3, 0.4) is 0 Å². The van der Waals surface area contributed by atoms with Crippen molar-refractivity contribution in [3.8, 4) is 5.75 Å². The summed E-state index contributed by atoms with van der Waals surface area (Å²) >= 11 is 0. The Kier molecular flexibility index (Phi) is 4.58. The first-order chi connectivity index (χ1) is 7.54. The van der Waals surface area contributed by atoms with Gasteiger partial charge in [-0.25, -0.2) is 4.98 Å². The summed E-state index contributed by atoms with van der Waals surface area (Å²) < 4.78 is 41.4. The summed E-state index contributed by atoms with van der Waals surface area (Å²) in [5.41, 5.74) is 0.319. The van der Waals surface area contributed by atoms with Crippen LogP contribution >= 0.6 is 0 Å².